The second-order valence-electron chi connectivity index (χ2n) is 3.05. The van der Waals surface area contributed by atoms with Crippen LogP contribution in [0.1, 0.15) is 5.56 Å². The standard InChI is InChI=1S/C10H8F4O3/c1-16-9(15)4-6-2-3-7(11)5-8(6)17-10(12,13)14/h2-3,5H,4H2,1H3. The Hall–Kier alpha value is -1.79. The number of benzene rings is 1. The van der Waals surface area contributed by atoms with Crippen molar-refractivity contribution in [3.63, 3.8) is 0 Å². The summed E-state index contributed by atoms with van der Waals surface area (Å²) in [5.41, 5.74) is -0.101. The first-order valence-corrected chi connectivity index (χ1v) is 4.43. The van der Waals surface area contributed by atoms with E-state index in [1.165, 1.54) is 0 Å². The van der Waals surface area contributed by atoms with Crippen LogP contribution in [-0.2, 0) is 16.0 Å². The van der Waals surface area contributed by atoms with Gasteiger partial charge in [0.2, 0.25) is 0 Å². The van der Waals surface area contributed by atoms with E-state index in [2.05, 4.69) is 9.47 Å². The smallest absolute Gasteiger partial charge is 0.469 e. The predicted molar refractivity (Wildman–Crippen MR) is 48.8 cm³/mol. The average Bonchev–Trinajstić information content (AvgIpc) is 2.19. The molecule has 0 saturated carbocycles. The first kappa shape index (κ1) is 13.3. The zero-order chi connectivity index (χ0) is 13.1. The zero-order valence-electron chi connectivity index (χ0n) is 8.68. The predicted octanol–water partition coefficient (Wildman–Crippen LogP) is 2.44. The van der Waals surface area contributed by atoms with E-state index in [-0.39, 0.29) is 5.56 Å². The fourth-order valence-corrected chi connectivity index (χ4v) is 1.12. The first-order valence-electron chi connectivity index (χ1n) is 4.43. The molecule has 17 heavy (non-hydrogen) atoms. The third-order valence-corrected chi connectivity index (χ3v) is 1.82. The lowest BCUT2D eigenvalue weighted by Crippen LogP contribution is -2.19. The van der Waals surface area contributed by atoms with Gasteiger partial charge in [0.15, 0.2) is 0 Å². The lowest BCUT2D eigenvalue weighted by molar-refractivity contribution is -0.275. The van der Waals surface area contributed by atoms with Crippen molar-refractivity contribution < 1.29 is 31.8 Å². The van der Waals surface area contributed by atoms with Gasteiger partial charge in [-0.25, -0.2) is 4.39 Å². The fourth-order valence-electron chi connectivity index (χ4n) is 1.12. The number of hydrogen-bond donors (Lipinski definition) is 0. The third-order valence-electron chi connectivity index (χ3n) is 1.82. The largest absolute Gasteiger partial charge is 0.573 e. The minimum Gasteiger partial charge on any atom is -0.469 e. The van der Waals surface area contributed by atoms with Gasteiger partial charge in [0.1, 0.15) is 11.6 Å². The maximum absolute atomic E-state index is 12.8. The second kappa shape index (κ2) is 5.03. The summed E-state index contributed by atoms with van der Waals surface area (Å²) in [5.74, 6) is -2.38. The first-order chi connectivity index (χ1) is 7.81. The van der Waals surface area contributed by atoms with Crippen molar-refractivity contribution in [1.29, 1.82) is 0 Å². The van der Waals surface area contributed by atoms with Crippen LogP contribution < -0.4 is 4.74 Å². The molecule has 0 N–H and O–H groups in total. The Balaban J connectivity index is 2.99. The summed E-state index contributed by atoms with van der Waals surface area (Å²) in [4.78, 5) is 10.9. The number of methoxy groups -OCH3 is 1. The molecule has 0 spiro atoms. The Bertz CT molecular complexity index is 415. The number of ether oxygens (including phenoxy) is 2. The molecule has 3 nitrogen and oxygen atoms in total. The fraction of sp³-hybridized carbons (Fsp3) is 0.300. The zero-order valence-corrected chi connectivity index (χ0v) is 8.68. The molecule has 0 amide bonds. The van der Waals surface area contributed by atoms with Crippen molar-refractivity contribution in [3.05, 3.63) is 29.6 Å². The molecule has 0 heterocycles. The van der Waals surface area contributed by atoms with Gasteiger partial charge in [0.05, 0.1) is 13.5 Å². The van der Waals surface area contributed by atoms with Gasteiger partial charge in [-0.05, 0) is 6.07 Å². The summed E-state index contributed by atoms with van der Waals surface area (Å²) < 4.78 is 56.7. The molecule has 0 unspecified atom stereocenters. The van der Waals surface area contributed by atoms with Gasteiger partial charge in [0.25, 0.3) is 0 Å². The van der Waals surface area contributed by atoms with Crippen LogP contribution in [0.3, 0.4) is 0 Å². The van der Waals surface area contributed by atoms with Crippen molar-refractivity contribution >= 4 is 5.97 Å². The van der Waals surface area contributed by atoms with Gasteiger partial charge in [-0.3, -0.25) is 4.79 Å². The van der Waals surface area contributed by atoms with Gasteiger partial charge in [-0.1, -0.05) is 6.07 Å². The Morgan fingerprint density at radius 2 is 2.00 bits per heavy atom. The second-order valence-corrected chi connectivity index (χ2v) is 3.05. The number of hydrogen-bond acceptors (Lipinski definition) is 3. The number of alkyl halides is 3. The molecule has 0 saturated heterocycles. The van der Waals surface area contributed by atoms with E-state index in [0.717, 1.165) is 19.2 Å². The highest BCUT2D eigenvalue weighted by atomic mass is 19.4. The molecule has 0 aromatic heterocycles. The molecular weight excluding hydrogens is 244 g/mol. The van der Waals surface area contributed by atoms with Crippen molar-refractivity contribution in [1.82, 2.24) is 0 Å². The van der Waals surface area contributed by atoms with E-state index in [9.17, 15) is 22.4 Å². The quantitative estimate of drug-likeness (QED) is 0.612. The molecule has 0 atom stereocenters. The van der Waals surface area contributed by atoms with Gasteiger partial charge < -0.3 is 9.47 Å². The molecule has 0 radical (unpaired) electrons. The Morgan fingerprint density at radius 1 is 1.35 bits per heavy atom. The van der Waals surface area contributed by atoms with Gasteiger partial charge >= 0.3 is 12.3 Å². The van der Waals surface area contributed by atoms with Crippen molar-refractivity contribution in [2.24, 2.45) is 0 Å². The molecule has 0 fully saturated rings. The summed E-state index contributed by atoms with van der Waals surface area (Å²) in [6.45, 7) is 0. The molecule has 7 heteroatoms. The SMILES string of the molecule is COC(=O)Cc1ccc(F)cc1OC(F)(F)F. The minimum absolute atomic E-state index is 0.101. The minimum atomic E-state index is -4.95. The molecule has 0 aliphatic rings. The van der Waals surface area contributed by atoms with Crippen LogP contribution in [0.25, 0.3) is 0 Å². The maximum atomic E-state index is 12.8. The van der Waals surface area contributed by atoms with E-state index in [0.29, 0.717) is 6.07 Å². The van der Waals surface area contributed by atoms with Crippen LogP contribution >= 0.6 is 0 Å². The average molecular weight is 252 g/mol. The van der Waals surface area contributed by atoms with Gasteiger partial charge in [-0.2, -0.15) is 0 Å². The highest BCUT2D eigenvalue weighted by Gasteiger charge is 2.32. The summed E-state index contributed by atoms with van der Waals surface area (Å²) in [6.07, 6.45) is -5.37. The van der Waals surface area contributed by atoms with Crippen molar-refractivity contribution in [2.45, 2.75) is 12.8 Å². The van der Waals surface area contributed by atoms with Crippen LogP contribution in [0.4, 0.5) is 17.6 Å². The van der Waals surface area contributed by atoms with E-state index in [4.69, 9.17) is 0 Å². The molecule has 0 bridgehead atoms. The van der Waals surface area contributed by atoms with E-state index >= 15 is 0 Å². The normalized spacial score (nSPS) is 11.1. The van der Waals surface area contributed by atoms with Crippen LogP contribution in [0.2, 0.25) is 0 Å². The van der Waals surface area contributed by atoms with Gasteiger partial charge in [0, 0.05) is 11.6 Å². The number of carbonyl (C=O) groups is 1. The topological polar surface area (TPSA) is 35.5 Å². The molecule has 0 aliphatic heterocycles. The lowest BCUT2D eigenvalue weighted by Gasteiger charge is -2.12. The monoisotopic (exact) mass is 252 g/mol. The van der Waals surface area contributed by atoms with Crippen LogP contribution in [0.5, 0.6) is 5.75 Å². The van der Waals surface area contributed by atoms with E-state index < -0.39 is 30.3 Å². The summed E-state index contributed by atoms with van der Waals surface area (Å²) in [7, 11) is 1.09. The van der Waals surface area contributed by atoms with Crippen molar-refractivity contribution in [3.8, 4) is 5.75 Å². The summed E-state index contributed by atoms with van der Waals surface area (Å²) in [6, 6.07) is 2.53. The van der Waals surface area contributed by atoms with Crippen LogP contribution in [0, 0.1) is 5.82 Å². The maximum Gasteiger partial charge on any atom is 0.573 e. The Labute approximate surface area is 93.9 Å². The highest BCUT2D eigenvalue weighted by Crippen LogP contribution is 2.27. The van der Waals surface area contributed by atoms with E-state index in [1.54, 1.807) is 0 Å². The molecule has 0 aliphatic carbocycles. The third kappa shape index (κ3) is 4.29. The summed E-state index contributed by atoms with van der Waals surface area (Å²) in [5, 5.41) is 0. The molecule has 1 aromatic rings. The molecular formula is C10H8F4O3. The highest BCUT2D eigenvalue weighted by molar-refractivity contribution is 5.73. The van der Waals surface area contributed by atoms with Crippen LogP contribution in [-0.4, -0.2) is 19.4 Å². The lowest BCUT2D eigenvalue weighted by atomic mass is 10.1. The summed E-state index contributed by atoms with van der Waals surface area (Å²) >= 11 is 0. The van der Waals surface area contributed by atoms with Gasteiger partial charge in [-0.15, -0.1) is 13.2 Å². The number of esters is 1. The van der Waals surface area contributed by atoms with E-state index in [1.807, 2.05) is 0 Å². The Morgan fingerprint density at radius 3 is 2.53 bits per heavy atom. The molecule has 1 aromatic carbocycles. The number of rotatable bonds is 3. The molecule has 1 rings (SSSR count). The number of carbonyl (C=O) groups excluding carboxylic acids is 1. The van der Waals surface area contributed by atoms with Crippen LogP contribution in [0.15, 0.2) is 18.2 Å². The number of halogens is 4. The Kier molecular flexibility index (Phi) is 3.93. The molecule has 94 valence electrons. The van der Waals surface area contributed by atoms with Crippen molar-refractivity contribution in [2.75, 3.05) is 7.11 Å².